The first kappa shape index (κ1) is 14.8. The Balaban J connectivity index is 2.74. The Kier molecular flexibility index (Phi) is 3.74. The predicted molar refractivity (Wildman–Crippen MR) is 63.4 cm³/mol. The molecule has 0 aliphatic carbocycles. The molecular weight excluding hydrogens is 300 g/mol. The summed E-state index contributed by atoms with van der Waals surface area (Å²) in [6.07, 6.45) is 4.06. The maximum Gasteiger partial charge on any atom is 0.244 e. The van der Waals surface area contributed by atoms with Gasteiger partial charge in [-0.25, -0.2) is 31.1 Å². The number of hydrogen-bond donors (Lipinski definition) is 1. The van der Waals surface area contributed by atoms with E-state index < -0.39 is 43.9 Å². The molecule has 110 valence electrons. The zero-order valence-electron chi connectivity index (χ0n) is 10.0. The van der Waals surface area contributed by atoms with Crippen molar-refractivity contribution in [2.45, 2.75) is 17.7 Å². The first-order valence-corrected chi connectivity index (χ1v) is 7.12. The summed E-state index contributed by atoms with van der Waals surface area (Å²) in [5, 5.41) is 4.56. The lowest BCUT2D eigenvalue weighted by molar-refractivity contribution is 0.419. The van der Waals surface area contributed by atoms with Gasteiger partial charge in [0, 0.05) is 12.7 Å². The van der Waals surface area contributed by atoms with Crippen LogP contribution in [0.5, 0.6) is 0 Å². The van der Waals surface area contributed by atoms with E-state index in [1.54, 1.807) is 6.08 Å². The molecule has 0 aromatic heterocycles. The van der Waals surface area contributed by atoms with Crippen molar-refractivity contribution in [1.82, 2.24) is 0 Å². The van der Waals surface area contributed by atoms with Crippen molar-refractivity contribution in [1.29, 1.82) is 0 Å². The molecule has 4 nitrogen and oxygen atoms in total. The van der Waals surface area contributed by atoms with Gasteiger partial charge in [0.15, 0.2) is 28.2 Å². The summed E-state index contributed by atoms with van der Waals surface area (Å²) in [5.41, 5.74) is -0.969. The van der Waals surface area contributed by atoms with Gasteiger partial charge in [-0.15, -0.1) is 0 Å². The average molecular weight is 310 g/mol. The van der Waals surface area contributed by atoms with Crippen LogP contribution < -0.4 is 10.0 Å². The molecule has 0 unspecified atom stereocenters. The van der Waals surface area contributed by atoms with E-state index in [2.05, 4.69) is 5.14 Å². The van der Waals surface area contributed by atoms with Crippen molar-refractivity contribution >= 4 is 15.7 Å². The zero-order chi connectivity index (χ0) is 15.1. The van der Waals surface area contributed by atoms with Crippen LogP contribution in [0.3, 0.4) is 0 Å². The van der Waals surface area contributed by atoms with E-state index in [4.69, 9.17) is 0 Å². The van der Waals surface area contributed by atoms with E-state index >= 15 is 0 Å². The lowest BCUT2D eigenvalue weighted by atomic mass is 10.2. The molecule has 0 atom stereocenters. The van der Waals surface area contributed by atoms with E-state index in [0.29, 0.717) is 12.8 Å². The first-order chi connectivity index (χ1) is 9.25. The Morgan fingerprint density at radius 2 is 1.60 bits per heavy atom. The topological polar surface area (TPSA) is 63.4 Å². The van der Waals surface area contributed by atoms with Gasteiger partial charge in [0.1, 0.15) is 5.69 Å². The predicted octanol–water partition coefficient (Wildman–Crippen LogP) is 2.00. The number of halogens is 4. The lowest BCUT2D eigenvalue weighted by Crippen LogP contribution is -2.26. The Bertz CT molecular complexity index is 659. The minimum atomic E-state index is -4.92. The van der Waals surface area contributed by atoms with Crippen LogP contribution in [0.4, 0.5) is 23.2 Å². The number of nitrogens with two attached hydrogens (primary N) is 1. The lowest BCUT2D eigenvalue weighted by Gasteiger charge is -2.25. The molecule has 1 aromatic rings. The highest BCUT2D eigenvalue weighted by molar-refractivity contribution is 7.89. The van der Waals surface area contributed by atoms with Crippen molar-refractivity contribution in [3.63, 3.8) is 0 Å². The molecule has 9 heteroatoms. The minimum Gasteiger partial charge on any atom is -0.343 e. The van der Waals surface area contributed by atoms with Crippen LogP contribution in [0.15, 0.2) is 17.2 Å². The van der Waals surface area contributed by atoms with Crippen LogP contribution in [-0.2, 0) is 10.0 Å². The second-order valence-electron chi connectivity index (χ2n) is 4.20. The maximum atomic E-state index is 13.8. The van der Waals surface area contributed by atoms with E-state index in [1.165, 1.54) is 6.20 Å². The number of hydrogen-bond acceptors (Lipinski definition) is 3. The largest absolute Gasteiger partial charge is 0.343 e. The molecule has 2 rings (SSSR count). The van der Waals surface area contributed by atoms with Gasteiger partial charge in [-0.05, 0) is 12.8 Å². The van der Waals surface area contributed by atoms with Crippen LogP contribution in [0, 0.1) is 23.3 Å². The normalized spacial score (nSPS) is 15.8. The molecular formula is C11H10F4N2O2S. The molecule has 2 N–H and O–H groups in total. The maximum absolute atomic E-state index is 13.8. The van der Waals surface area contributed by atoms with Crippen LogP contribution >= 0.6 is 0 Å². The van der Waals surface area contributed by atoms with Crippen molar-refractivity contribution in [2.75, 3.05) is 11.4 Å². The number of allylic oxidation sites excluding steroid dienone is 1. The van der Waals surface area contributed by atoms with Crippen LogP contribution in [0.1, 0.15) is 12.8 Å². The fraction of sp³-hybridized carbons (Fsp3) is 0.273. The molecule has 20 heavy (non-hydrogen) atoms. The smallest absolute Gasteiger partial charge is 0.244 e. The zero-order valence-corrected chi connectivity index (χ0v) is 10.9. The standard InChI is InChI=1S/C11H10F4N2O2S/c12-6-8(14)11(20(16,18)19)9(15)7(13)10(6)17-4-2-1-3-5-17/h2,4H,1,3,5H2,(H2,16,18,19). The Morgan fingerprint density at radius 1 is 1.05 bits per heavy atom. The van der Waals surface area contributed by atoms with Crippen molar-refractivity contribution in [2.24, 2.45) is 5.14 Å². The van der Waals surface area contributed by atoms with Gasteiger partial charge < -0.3 is 4.90 Å². The highest BCUT2D eigenvalue weighted by Crippen LogP contribution is 2.33. The Hall–Kier alpha value is -1.61. The fourth-order valence-corrected chi connectivity index (χ4v) is 2.62. The summed E-state index contributed by atoms with van der Waals surface area (Å²) in [7, 11) is -4.92. The molecule has 1 aliphatic heterocycles. The molecule has 0 amide bonds. The van der Waals surface area contributed by atoms with Gasteiger partial charge in [-0.3, -0.25) is 0 Å². The number of primary sulfonamides is 1. The summed E-state index contributed by atoms with van der Waals surface area (Å²) in [4.78, 5) is -0.829. The average Bonchev–Trinajstić information content (AvgIpc) is 2.37. The molecule has 1 aromatic carbocycles. The third-order valence-corrected chi connectivity index (χ3v) is 3.75. The molecule has 1 heterocycles. The molecule has 0 fully saturated rings. The van der Waals surface area contributed by atoms with Crippen LogP contribution in [0.25, 0.3) is 0 Å². The highest BCUT2D eigenvalue weighted by Gasteiger charge is 2.33. The van der Waals surface area contributed by atoms with Gasteiger partial charge in [-0.2, -0.15) is 0 Å². The van der Waals surface area contributed by atoms with E-state index in [1.807, 2.05) is 0 Å². The van der Waals surface area contributed by atoms with Gasteiger partial charge >= 0.3 is 0 Å². The second kappa shape index (κ2) is 5.06. The molecule has 0 saturated heterocycles. The summed E-state index contributed by atoms with van der Waals surface area (Å²) in [5.74, 6) is -7.64. The number of sulfonamides is 1. The van der Waals surface area contributed by atoms with Crippen molar-refractivity contribution in [3.8, 4) is 0 Å². The summed E-state index contributed by atoms with van der Waals surface area (Å²) in [6.45, 7) is 0.151. The monoisotopic (exact) mass is 310 g/mol. The van der Waals surface area contributed by atoms with Crippen LogP contribution in [-0.4, -0.2) is 15.0 Å². The molecule has 0 saturated carbocycles. The third-order valence-electron chi connectivity index (χ3n) is 2.83. The summed E-state index contributed by atoms with van der Waals surface area (Å²) < 4.78 is 77.0. The van der Waals surface area contributed by atoms with E-state index in [0.717, 1.165) is 4.90 Å². The number of anilines is 1. The molecule has 0 spiro atoms. The molecule has 0 bridgehead atoms. The number of benzene rings is 1. The third kappa shape index (κ3) is 2.38. The number of nitrogens with zero attached hydrogens (tertiary/aromatic N) is 1. The van der Waals surface area contributed by atoms with Gasteiger partial charge in [0.25, 0.3) is 0 Å². The van der Waals surface area contributed by atoms with Crippen molar-refractivity contribution < 1.29 is 26.0 Å². The Labute approximate surface area is 112 Å². The SMILES string of the molecule is NS(=O)(=O)c1c(F)c(F)c(N2C=CCCC2)c(F)c1F. The minimum absolute atomic E-state index is 0.151. The molecule has 0 radical (unpaired) electrons. The van der Waals surface area contributed by atoms with E-state index in [9.17, 15) is 26.0 Å². The van der Waals surface area contributed by atoms with E-state index in [-0.39, 0.29) is 6.54 Å². The highest BCUT2D eigenvalue weighted by atomic mass is 32.2. The Morgan fingerprint density at radius 3 is 2.00 bits per heavy atom. The quantitative estimate of drug-likeness (QED) is 0.671. The van der Waals surface area contributed by atoms with Gasteiger partial charge in [0.2, 0.25) is 10.0 Å². The molecule has 1 aliphatic rings. The van der Waals surface area contributed by atoms with Gasteiger partial charge in [0.05, 0.1) is 0 Å². The summed E-state index contributed by atoms with van der Waals surface area (Å²) >= 11 is 0. The fourth-order valence-electron chi connectivity index (χ4n) is 1.94. The number of rotatable bonds is 2. The van der Waals surface area contributed by atoms with Crippen LogP contribution in [0.2, 0.25) is 0 Å². The second-order valence-corrected chi connectivity index (χ2v) is 5.70. The first-order valence-electron chi connectivity index (χ1n) is 5.57. The summed E-state index contributed by atoms with van der Waals surface area (Å²) in [6, 6.07) is 0. The van der Waals surface area contributed by atoms with Crippen molar-refractivity contribution in [3.05, 3.63) is 35.5 Å². The van der Waals surface area contributed by atoms with Gasteiger partial charge in [-0.1, -0.05) is 6.08 Å².